The quantitative estimate of drug-likeness (QED) is 0.643. The van der Waals surface area contributed by atoms with E-state index in [1.54, 1.807) is 0 Å². The zero-order valence-corrected chi connectivity index (χ0v) is 6.28. The van der Waals surface area contributed by atoms with Gasteiger partial charge in [-0.1, -0.05) is 6.58 Å². The van der Waals surface area contributed by atoms with Gasteiger partial charge in [0.05, 0.1) is 7.11 Å². The minimum atomic E-state index is -0.721. The second-order valence-electron chi connectivity index (χ2n) is 2.06. The van der Waals surface area contributed by atoms with Crippen molar-refractivity contribution in [3.8, 4) is 0 Å². The Morgan fingerprint density at radius 2 is 2.55 bits per heavy atom. The third kappa shape index (κ3) is 1.62. The molecule has 0 aromatic rings. The van der Waals surface area contributed by atoms with Gasteiger partial charge in [-0.3, -0.25) is 0 Å². The number of hydrogen-bond acceptors (Lipinski definition) is 3. The van der Waals surface area contributed by atoms with E-state index in [2.05, 4.69) is 6.58 Å². The highest BCUT2D eigenvalue weighted by molar-refractivity contribution is 5.21. The van der Waals surface area contributed by atoms with Gasteiger partial charge in [0.25, 0.3) is 0 Å². The van der Waals surface area contributed by atoms with Gasteiger partial charge >= 0.3 is 0 Å². The molecule has 60 valence electrons. The van der Waals surface area contributed by atoms with Crippen LogP contribution < -0.4 is 0 Å². The molecule has 1 aliphatic rings. The van der Waals surface area contributed by atoms with Crippen LogP contribution in [0.5, 0.6) is 0 Å². The van der Waals surface area contributed by atoms with Gasteiger partial charge in [-0.25, -0.2) is 0 Å². The van der Waals surface area contributed by atoms with E-state index in [1.165, 1.54) is 25.5 Å². The predicted octanol–water partition coefficient (Wildman–Crippen LogP) is 0.935. The normalized spacial score (nSPS) is 22.9. The van der Waals surface area contributed by atoms with Gasteiger partial charge in [-0.15, -0.1) is 0 Å². The van der Waals surface area contributed by atoms with Gasteiger partial charge in [0.1, 0.15) is 18.1 Å². The van der Waals surface area contributed by atoms with Crippen molar-refractivity contribution >= 4 is 0 Å². The van der Waals surface area contributed by atoms with Crippen LogP contribution in [-0.2, 0) is 9.47 Å². The third-order valence-electron chi connectivity index (χ3n) is 1.36. The fraction of sp³-hybridized carbons (Fsp3) is 0.250. The van der Waals surface area contributed by atoms with Crippen molar-refractivity contribution in [2.45, 2.75) is 6.10 Å². The maximum atomic E-state index is 9.27. The van der Waals surface area contributed by atoms with E-state index in [4.69, 9.17) is 9.47 Å². The van der Waals surface area contributed by atoms with Gasteiger partial charge < -0.3 is 14.6 Å². The number of ether oxygens (including phenoxy) is 2. The molecule has 0 saturated carbocycles. The second kappa shape index (κ2) is 3.25. The summed E-state index contributed by atoms with van der Waals surface area (Å²) < 4.78 is 9.80. The highest BCUT2D eigenvalue weighted by Crippen LogP contribution is 2.15. The number of methoxy groups -OCH3 is 1. The first-order valence-corrected chi connectivity index (χ1v) is 3.21. The molecule has 1 aliphatic heterocycles. The third-order valence-corrected chi connectivity index (χ3v) is 1.36. The van der Waals surface area contributed by atoms with Crippen molar-refractivity contribution in [2.24, 2.45) is 0 Å². The molecule has 0 radical (unpaired) electrons. The molecule has 11 heavy (non-hydrogen) atoms. The SMILES string of the molecule is C=CC1=CC(O)C(OC)=CO1. The van der Waals surface area contributed by atoms with Crippen molar-refractivity contribution < 1.29 is 14.6 Å². The summed E-state index contributed by atoms with van der Waals surface area (Å²) >= 11 is 0. The summed E-state index contributed by atoms with van der Waals surface area (Å²) in [6.45, 7) is 3.50. The number of allylic oxidation sites excluding steroid dienone is 1. The summed E-state index contributed by atoms with van der Waals surface area (Å²) in [7, 11) is 1.48. The molecule has 0 saturated heterocycles. The van der Waals surface area contributed by atoms with E-state index >= 15 is 0 Å². The lowest BCUT2D eigenvalue weighted by atomic mass is 10.2. The van der Waals surface area contributed by atoms with Crippen molar-refractivity contribution in [3.05, 3.63) is 36.5 Å². The van der Waals surface area contributed by atoms with Gasteiger partial charge in [0.2, 0.25) is 0 Å². The van der Waals surface area contributed by atoms with Crippen molar-refractivity contribution in [1.29, 1.82) is 0 Å². The number of aliphatic hydroxyl groups is 1. The van der Waals surface area contributed by atoms with E-state index in [-0.39, 0.29) is 0 Å². The Bertz CT molecular complexity index is 215. The highest BCUT2D eigenvalue weighted by Gasteiger charge is 2.14. The molecule has 1 unspecified atom stereocenters. The average Bonchev–Trinajstić information content (AvgIpc) is 2.04. The second-order valence-corrected chi connectivity index (χ2v) is 2.06. The molecule has 0 aromatic heterocycles. The molecule has 3 nitrogen and oxygen atoms in total. The standard InChI is InChI=1S/C8H10O3/c1-3-6-4-7(9)8(10-2)5-11-6/h3-5,7,9H,1H2,2H3. The van der Waals surface area contributed by atoms with Crippen LogP contribution in [0.25, 0.3) is 0 Å². The van der Waals surface area contributed by atoms with Gasteiger partial charge in [-0.05, 0) is 12.2 Å². The van der Waals surface area contributed by atoms with Crippen LogP contribution in [0, 0.1) is 0 Å². The lowest BCUT2D eigenvalue weighted by Gasteiger charge is -2.15. The van der Waals surface area contributed by atoms with Crippen molar-refractivity contribution in [3.63, 3.8) is 0 Å². The Morgan fingerprint density at radius 3 is 3.00 bits per heavy atom. The largest absolute Gasteiger partial charge is 0.495 e. The van der Waals surface area contributed by atoms with Crippen LogP contribution in [0.15, 0.2) is 36.5 Å². The van der Waals surface area contributed by atoms with Crippen molar-refractivity contribution in [1.82, 2.24) is 0 Å². The smallest absolute Gasteiger partial charge is 0.163 e. The first-order valence-electron chi connectivity index (χ1n) is 3.21. The molecule has 1 heterocycles. The molecule has 0 amide bonds. The average molecular weight is 154 g/mol. The lowest BCUT2D eigenvalue weighted by Crippen LogP contribution is -2.13. The Labute approximate surface area is 65.2 Å². The maximum Gasteiger partial charge on any atom is 0.163 e. The minimum absolute atomic E-state index is 0.399. The van der Waals surface area contributed by atoms with E-state index in [9.17, 15) is 5.11 Å². The lowest BCUT2D eigenvalue weighted by molar-refractivity contribution is 0.134. The fourth-order valence-corrected chi connectivity index (χ4v) is 0.758. The molecule has 0 fully saturated rings. The Hall–Kier alpha value is -1.22. The van der Waals surface area contributed by atoms with Gasteiger partial charge in [-0.2, -0.15) is 0 Å². The van der Waals surface area contributed by atoms with E-state index in [0.29, 0.717) is 11.5 Å². The Kier molecular flexibility index (Phi) is 2.33. The van der Waals surface area contributed by atoms with Crippen LogP contribution in [0.1, 0.15) is 0 Å². The fourth-order valence-electron chi connectivity index (χ4n) is 0.758. The summed E-state index contributed by atoms with van der Waals surface area (Å²) in [6, 6.07) is 0. The number of aliphatic hydroxyl groups excluding tert-OH is 1. The topological polar surface area (TPSA) is 38.7 Å². The molecule has 0 aromatic carbocycles. The van der Waals surface area contributed by atoms with Crippen LogP contribution in [0.2, 0.25) is 0 Å². The van der Waals surface area contributed by atoms with Gasteiger partial charge in [0, 0.05) is 0 Å². The van der Waals surface area contributed by atoms with Crippen LogP contribution in [0.3, 0.4) is 0 Å². The molecule has 0 spiro atoms. The molecular formula is C8H10O3. The molecule has 1 rings (SSSR count). The van der Waals surface area contributed by atoms with Crippen molar-refractivity contribution in [2.75, 3.05) is 7.11 Å². The summed E-state index contributed by atoms with van der Waals surface area (Å²) in [5, 5.41) is 9.27. The molecule has 3 heteroatoms. The first kappa shape index (κ1) is 7.88. The monoisotopic (exact) mass is 154 g/mol. The summed E-state index contributed by atoms with van der Waals surface area (Å²) in [5.74, 6) is 0.939. The molecule has 1 atom stereocenters. The number of rotatable bonds is 2. The number of hydrogen-bond donors (Lipinski definition) is 1. The zero-order chi connectivity index (χ0) is 8.27. The molecule has 0 bridgehead atoms. The van der Waals surface area contributed by atoms with Crippen LogP contribution in [0.4, 0.5) is 0 Å². The Morgan fingerprint density at radius 1 is 1.82 bits per heavy atom. The zero-order valence-electron chi connectivity index (χ0n) is 6.28. The van der Waals surface area contributed by atoms with Gasteiger partial charge in [0.15, 0.2) is 5.76 Å². The first-order chi connectivity index (χ1) is 5.27. The summed E-state index contributed by atoms with van der Waals surface area (Å²) in [6.07, 6.45) is 3.68. The van der Waals surface area contributed by atoms with Crippen LogP contribution in [-0.4, -0.2) is 18.3 Å². The van der Waals surface area contributed by atoms with Crippen LogP contribution >= 0.6 is 0 Å². The van der Waals surface area contributed by atoms with E-state index in [0.717, 1.165) is 0 Å². The Balaban J connectivity index is 2.70. The summed E-state index contributed by atoms with van der Waals surface area (Å²) in [5.41, 5.74) is 0. The predicted molar refractivity (Wildman–Crippen MR) is 40.5 cm³/mol. The maximum absolute atomic E-state index is 9.27. The minimum Gasteiger partial charge on any atom is -0.495 e. The highest BCUT2D eigenvalue weighted by atomic mass is 16.5. The molecule has 1 N–H and O–H groups in total. The summed E-state index contributed by atoms with van der Waals surface area (Å²) in [4.78, 5) is 0. The van der Waals surface area contributed by atoms with E-state index in [1.807, 2.05) is 0 Å². The molecule has 0 aliphatic carbocycles. The molecular weight excluding hydrogens is 144 g/mol. The van der Waals surface area contributed by atoms with E-state index < -0.39 is 6.10 Å².